The Morgan fingerprint density at radius 2 is 1.48 bits per heavy atom. The van der Waals surface area contributed by atoms with E-state index in [1.54, 1.807) is 0 Å². The van der Waals surface area contributed by atoms with Crippen molar-refractivity contribution in [2.75, 3.05) is 0 Å². The average molecular weight is 296 g/mol. The zero-order valence-electron chi connectivity index (χ0n) is 15.3. The first-order valence-corrected chi connectivity index (χ1v) is 9.73. The lowest BCUT2D eigenvalue weighted by Gasteiger charge is -2.43. The highest BCUT2D eigenvalue weighted by Crippen LogP contribution is 2.42. The Morgan fingerprint density at radius 1 is 0.905 bits per heavy atom. The minimum Gasteiger partial charge on any atom is -0.327 e. The van der Waals surface area contributed by atoms with E-state index in [1.165, 1.54) is 77.0 Å². The Kier molecular flexibility index (Phi) is 8.94. The van der Waals surface area contributed by atoms with Crippen molar-refractivity contribution in [3.63, 3.8) is 0 Å². The predicted octanol–water partition coefficient (Wildman–Crippen LogP) is 6.31. The fraction of sp³-hybridized carbons (Fsp3) is 1.00. The van der Waals surface area contributed by atoms with Crippen LogP contribution in [-0.4, -0.2) is 6.04 Å². The molecule has 1 aliphatic carbocycles. The Bertz CT molecular complexity index is 259. The molecule has 0 aromatic rings. The van der Waals surface area contributed by atoms with Gasteiger partial charge in [-0.15, -0.1) is 0 Å². The Morgan fingerprint density at radius 3 is 2.05 bits per heavy atom. The second-order valence-corrected chi connectivity index (χ2v) is 8.40. The molecule has 1 aliphatic rings. The summed E-state index contributed by atoms with van der Waals surface area (Å²) < 4.78 is 0. The van der Waals surface area contributed by atoms with Crippen LogP contribution in [0.15, 0.2) is 0 Å². The largest absolute Gasteiger partial charge is 0.327 e. The van der Waals surface area contributed by atoms with E-state index in [0.29, 0.717) is 11.5 Å². The van der Waals surface area contributed by atoms with Crippen molar-refractivity contribution >= 4 is 0 Å². The highest BCUT2D eigenvalue weighted by atomic mass is 14.7. The van der Waals surface area contributed by atoms with Gasteiger partial charge in [0.2, 0.25) is 0 Å². The zero-order valence-corrected chi connectivity index (χ0v) is 15.3. The van der Waals surface area contributed by atoms with Crippen LogP contribution in [0.3, 0.4) is 0 Å². The molecule has 0 aromatic carbocycles. The van der Waals surface area contributed by atoms with Crippen molar-refractivity contribution in [1.82, 2.24) is 0 Å². The summed E-state index contributed by atoms with van der Waals surface area (Å²) in [6, 6.07) is 0.442. The zero-order chi connectivity index (χ0) is 15.7. The molecule has 1 fully saturated rings. The SMILES string of the molecule is CCCCCCCCCCC(C)(C)C1CCC(C)CC1N. The van der Waals surface area contributed by atoms with Gasteiger partial charge >= 0.3 is 0 Å². The van der Waals surface area contributed by atoms with Gasteiger partial charge in [-0.2, -0.15) is 0 Å². The van der Waals surface area contributed by atoms with E-state index in [4.69, 9.17) is 5.73 Å². The Hall–Kier alpha value is -0.0400. The third-order valence-corrected chi connectivity index (χ3v) is 5.84. The monoisotopic (exact) mass is 295 g/mol. The number of unbranched alkanes of at least 4 members (excludes halogenated alkanes) is 7. The summed E-state index contributed by atoms with van der Waals surface area (Å²) in [4.78, 5) is 0. The summed E-state index contributed by atoms with van der Waals surface area (Å²) in [5.41, 5.74) is 6.90. The minimum absolute atomic E-state index is 0.442. The van der Waals surface area contributed by atoms with E-state index in [1.807, 2.05) is 0 Å². The van der Waals surface area contributed by atoms with Crippen LogP contribution in [0, 0.1) is 17.3 Å². The van der Waals surface area contributed by atoms with E-state index >= 15 is 0 Å². The smallest absolute Gasteiger partial charge is 0.00747 e. The van der Waals surface area contributed by atoms with Gasteiger partial charge in [0.1, 0.15) is 0 Å². The lowest BCUT2D eigenvalue weighted by atomic mass is 9.65. The fourth-order valence-electron chi connectivity index (χ4n) is 4.30. The van der Waals surface area contributed by atoms with E-state index in [9.17, 15) is 0 Å². The maximum absolute atomic E-state index is 6.45. The van der Waals surface area contributed by atoms with Gasteiger partial charge in [-0.25, -0.2) is 0 Å². The number of hydrogen-bond acceptors (Lipinski definition) is 1. The summed E-state index contributed by atoms with van der Waals surface area (Å²) in [7, 11) is 0. The van der Waals surface area contributed by atoms with Gasteiger partial charge in [-0.05, 0) is 36.5 Å². The first-order valence-electron chi connectivity index (χ1n) is 9.73. The summed E-state index contributed by atoms with van der Waals surface area (Å²) in [6.45, 7) is 9.59. The van der Waals surface area contributed by atoms with Gasteiger partial charge in [0.05, 0.1) is 0 Å². The van der Waals surface area contributed by atoms with E-state index < -0.39 is 0 Å². The molecule has 0 radical (unpaired) electrons. The van der Waals surface area contributed by atoms with Crippen molar-refractivity contribution in [2.45, 2.75) is 111 Å². The van der Waals surface area contributed by atoms with Gasteiger partial charge in [0, 0.05) is 6.04 Å². The van der Waals surface area contributed by atoms with Crippen LogP contribution in [0.5, 0.6) is 0 Å². The highest BCUT2D eigenvalue weighted by Gasteiger charge is 2.36. The normalized spacial score (nSPS) is 27.0. The topological polar surface area (TPSA) is 26.0 Å². The minimum atomic E-state index is 0.442. The Balaban J connectivity index is 2.15. The molecular formula is C20H41N. The molecule has 0 saturated heterocycles. The molecule has 0 aromatic heterocycles. The summed E-state index contributed by atoms with van der Waals surface area (Å²) in [5, 5.41) is 0. The lowest BCUT2D eigenvalue weighted by molar-refractivity contribution is 0.102. The molecule has 2 N–H and O–H groups in total. The second-order valence-electron chi connectivity index (χ2n) is 8.40. The molecule has 126 valence electrons. The summed E-state index contributed by atoms with van der Waals surface area (Å²) >= 11 is 0. The third-order valence-electron chi connectivity index (χ3n) is 5.84. The van der Waals surface area contributed by atoms with Crippen LogP contribution in [0.1, 0.15) is 105 Å². The van der Waals surface area contributed by atoms with Crippen LogP contribution >= 0.6 is 0 Å². The van der Waals surface area contributed by atoms with Crippen LogP contribution in [-0.2, 0) is 0 Å². The van der Waals surface area contributed by atoms with Crippen molar-refractivity contribution in [3.8, 4) is 0 Å². The molecular weight excluding hydrogens is 254 g/mol. The quantitative estimate of drug-likeness (QED) is 0.470. The van der Waals surface area contributed by atoms with Crippen molar-refractivity contribution in [1.29, 1.82) is 0 Å². The van der Waals surface area contributed by atoms with Gasteiger partial charge < -0.3 is 5.73 Å². The van der Waals surface area contributed by atoms with E-state index in [0.717, 1.165) is 11.8 Å². The summed E-state index contributed by atoms with van der Waals surface area (Å²) in [5.74, 6) is 1.59. The van der Waals surface area contributed by atoms with Gasteiger partial charge in [-0.1, -0.05) is 85.5 Å². The predicted molar refractivity (Wildman–Crippen MR) is 95.5 cm³/mol. The van der Waals surface area contributed by atoms with Gasteiger partial charge in [0.25, 0.3) is 0 Å². The molecule has 0 spiro atoms. The maximum atomic E-state index is 6.45. The molecule has 0 heterocycles. The molecule has 1 heteroatoms. The molecule has 1 rings (SSSR count). The lowest BCUT2D eigenvalue weighted by Crippen LogP contribution is -2.43. The third kappa shape index (κ3) is 7.17. The first-order chi connectivity index (χ1) is 9.97. The second kappa shape index (κ2) is 9.87. The van der Waals surface area contributed by atoms with E-state index in [-0.39, 0.29) is 0 Å². The molecule has 1 nitrogen and oxygen atoms in total. The molecule has 1 saturated carbocycles. The van der Waals surface area contributed by atoms with Crippen molar-refractivity contribution in [2.24, 2.45) is 23.0 Å². The van der Waals surface area contributed by atoms with Crippen molar-refractivity contribution in [3.05, 3.63) is 0 Å². The van der Waals surface area contributed by atoms with Crippen LogP contribution < -0.4 is 5.73 Å². The first kappa shape index (κ1) is 19.0. The van der Waals surface area contributed by atoms with Gasteiger partial charge in [0.15, 0.2) is 0 Å². The Labute approximate surface area is 134 Å². The fourth-order valence-corrected chi connectivity index (χ4v) is 4.30. The molecule has 0 aliphatic heterocycles. The molecule has 0 bridgehead atoms. The van der Waals surface area contributed by atoms with Crippen LogP contribution in [0.25, 0.3) is 0 Å². The molecule has 3 atom stereocenters. The standard InChI is InChI=1S/C20H41N/c1-5-6-7-8-9-10-11-12-15-20(3,4)18-14-13-17(2)16-19(18)21/h17-19H,5-16,21H2,1-4H3. The van der Waals surface area contributed by atoms with E-state index in [2.05, 4.69) is 27.7 Å². The number of hydrogen-bond donors (Lipinski definition) is 1. The average Bonchev–Trinajstić information content (AvgIpc) is 2.41. The molecule has 0 amide bonds. The maximum Gasteiger partial charge on any atom is 0.00747 e. The molecule has 3 unspecified atom stereocenters. The molecule has 21 heavy (non-hydrogen) atoms. The van der Waals surface area contributed by atoms with Crippen molar-refractivity contribution < 1.29 is 0 Å². The van der Waals surface area contributed by atoms with Gasteiger partial charge in [-0.3, -0.25) is 0 Å². The number of rotatable bonds is 10. The summed E-state index contributed by atoms with van der Waals surface area (Å²) in [6.07, 6.45) is 16.7. The van der Waals surface area contributed by atoms with Crippen LogP contribution in [0.4, 0.5) is 0 Å². The van der Waals surface area contributed by atoms with Crippen LogP contribution in [0.2, 0.25) is 0 Å². The highest BCUT2D eigenvalue weighted by molar-refractivity contribution is 4.90. The number of nitrogens with two attached hydrogens (primary N) is 1.